The Kier molecular flexibility index (Phi) is 5.39. The van der Waals surface area contributed by atoms with Crippen LogP contribution in [0.3, 0.4) is 0 Å². The first kappa shape index (κ1) is 18.2. The molecule has 1 aliphatic rings. The minimum Gasteiger partial charge on any atom is -0.495 e. The number of rotatable bonds is 4. The molecule has 1 saturated heterocycles. The van der Waals surface area contributed by atoms with Crippen LogP contribution in [0.4, 0.5) is 5.69 Å². The monoisotopic (exact) mass is 384 g/mol. The molecule has 2 amide bonds. The van der Waals surface area contributed by atoms with Crippen molar-refractivity contribution in [1.29, 1.82) is 0 Å². The van der Waals surface area contributed by atoms with E-state index in [1.807, 2.05) is 12.1 Å². The van der Waals surface area contributed by atoms with Gasteiger partial charge in [-0.2, -0.15) is 0 Å². The van der Waals surface area contributed by atoms with Gasteiger partial charge in [-0.25, -0.2) is 0 Å². The van der Waals surface area contributed by atoms with E-state index in [2.05, 4.69) is 5.32 Å². The summed E-state index contributed by atoms with van der Waals surface area (Å²) in [5.74, 6) is 0.248. The van der Waals surface area contributed by atoms with Crippen LogP contribution in [0, 0.1) is 0 Å². The largest absolute Gasteiger partial charge is 0.495 e. The van der Waals surface area contributed by atoms with Crippen molar-refractivity contribution in [1.82, 2.24) is 4.90 Å². The second-order valence-corrected chi connectivity index (χ2v) is 7.19. The van der Waals surface area contributed by atoms with Crippen LogP contribution >= 0.6 is 24.0 Å². The molecule has 0 saturated carbocycles. The van der Waals surface area contributed by atoms with Gasteiger partial charge in [0, 0.05) is 12.6 Å². The molecule has 2 aromatic rings. The molecule has 132 valence electrons. The Bertz CT molecular complexity index is 907. The van der Waals surface area contributed by atoms with Crippen LogP contribution in [0.15, 0.2) is 53.4 Å². The molecule has 1 aliphatic heterocycles. The Balaban J connectivity index is 1.74. The van der Waals surface area contributed by atoms with Crippen molar-refractivity contribution in [3.63, 3.8) is 0 Å². The van der Waals surface area contributed by atoms with E-state index in [-0.39, 0.29) is 11.8 Å². The van der Waals surface area contributed by atoms with E-state index < -0.39 is 0 Å². The van der Waals surface area contributed by atoms with Crippen LogP contribution in [-0.2, 0) is 4.79 Å². The minimum atomic E-state index is -0.235. The molecule has 2 aromatic carbocycles. The van der Waals surface area contributed by atoms with Gasteiger partial charge in [-0.1, -0.05) is 48.2 Å². The van der Waals surface area contributed by atoms with Gasteiger partial charge in [0.1, 0.15) is 10.1 Å². The highest BCUT2D eigenvalue weighted by molar-refractivity contribution is 8.26. The van der Waals surface area contributed by atoms with Gasteiger partial charge in [0.25, 0.3) is 11.8 Å². The van der Waals surface area contributed by atoms with Crippen molar-refractivity contribution in [2.45, 2.75) is 0 Å². The molecule has 0 unspecified atom stereocenters. The van der Waals surface area contributed by atoms with Gasteiger partial charge < -0.3 is 10.1 Å². The maximum Gasteiger partial charge on any atom is 0.265 e. The minimum absolute atomic E-state index is 0.113. The predicted octanol–water partition coefficient (Wildman–Crippen LogP) is 3.78. The summed E-state index contributed by atoms with van der Waals surface area (Å²) in [6.45, 7) is 0. The molecule has 26 heavy (non-hydrogen) atoms. The molecular weight excluding hydrogens is 368 g/mol. The average molecular weight is 384 g/mol. The predicted molar refractivity (Wildman–Crippen MR) is 108 cm³/mol. The number of carbonyl (C=O) groups excluding carboxylic acids is 2. The Morgan fingerprint density at radius 1 is 1.19 bits per heavy atom. The molecule has 0 radical (unpaired) electrons. The number of benzene rings is 2. The number of nitrogens with one attached hydrogen (secondary N) is 1. The zero-order chi connectivity index (χ0) is 18.7. The number of likely N-dealkylation sites (N-methyl/N-ethyl adjacent to an activating group) is 1. The number of para-hydroxylation sites is 2. The molecule has 1 heterocycles. The topological polar surface area (TPSA) is 58.6 Å². The summed E-state index contributed by atoms with van der Waals surface area (Å²) in [6.07, 6.45) is 1.77. The second-order valence-electron chi connectivity index (χ2n) is 5.52. The fraction of sp³-hybridized carbons (Fsp3) is 0.105. The summed E-state index contributed by atoms with van der Waals surface area (Å²) in [5, 5.41) is 2.83. The number of thiocarbonyl (C=S) groups is 1. The van der Waals surface area contributed by atoms with E-state index in [1.165, 1.54) is 16.7 Å². The van der Waals surface area contributed by atoms with Crippen molar-refractivity contribution in [2.24, 2.45) is 0 Å². The number of hydrogen-bond acceptors (Lipinski definition) is 5. The number of nitrogens with zero attached hydrogens (tertiary/aromatic N) is 1. The van der Waals surface area contributed by atoms with Gasteiger partial charge in [-0.05, 0) is 35.9 Å². The number of amides is 2. The molecule has 1 fully saturated rings. The van der Waals surface area contributed by atoms with Crippen LogP contribution in [0.5, 0.6) is 5.75 Å². The lowest BCUT2D eigenvalue weighted by atomic mass is 10.1. The van der Waals surface area contributed by atoms with E-state index in [0.717, 1.165) is 5.56 Å². The third-order valence-corrected chi connectivity index (χ3v) is 5.30. The van der Waals surface area contributed by atoms with Crippen LogP contribution in [0.1, 0.15) is 15.9 Å². The molecule has 5 nitrogen and oxygen atoms in total. The Hall–Kier alpha value is -2.64. The number of thioether (sulfide) groups is 1. The normalized spacial score (nSPS) is 15.5. The SMILES string of the molecule is COc1ccccc1NC(=O)c1ccc(C=C2SC(=S)N(C)C2=O)cc1. The highest BCUT2D eigenvalue weighted by Gasteiger charge is 2.28. The summed E-state index contributed by atoms with van der Waals surface area (Å²) in [5.41, 5.74) is 1.94. The molecule has 1 N–H and O–H groups in total. The van der Waals surface area contributed by atoms with E-state index in [4.69, 9.17) is 17.0 Å². The van der Waals surface area contributed by atoms with Crippen molar-refractivity contribution >= 4 is 51.9 Å². The number of anilines is 1. The summed E-state index contributed by atoms with van der Waals surface area (Å²) >= 11 is 6.38. The molecule has 3 rings (SSSR count). The van der Waals surface area contributed by atoms with E-state index in [1.54, 1.807) is 56.6 Å². The molecule has 0 spiro atoms. The summed E-state index contributed by atoms with van der Waals surface area (Å²) in [7, 11) is 3.21. The smallest absolute Gasteiger partial charge is 0.265 e. The van der Waals surface area contributed by atoms with Crippen LogP contribution in [0.25, 0.3) is 6.08 Å². The highest BCUT2D eigenvalue weighted by atomic mass is 32.2. The number of ether oxygens (including phenoxy) is 1. The van der Waals surface area contributed by atoms with Crippen molar-refractivity contribution < 1.29 is 14.3 Å². The lowest BCUT2D eigenvalue weighted by molar-refractivity contribution is -0.121. The Labute approximate surface area is 161 Å². The Morgan fingerprint density at radius 3 is 2.50 bits per heavy atom. The van der Waals surface area contributed by atoms with E-state index in [9.17, 15) is 9.59 Å². The quantitative estimate of drug-likeness (QED) is 0.642. The fourth-order valence-corrected chi connectivity index (χ4v) is 3.55. The zero-order valence-electron chi connectivity index (χ0n) is 14.2. The first-order chi connectivity index (χ1) is 12.5. The van der Waals surface area contributed by atoms with Crippen molar-refractivity contribution in [3.05, 3.63) is 64.6 Å². The number of hydrogen-bond donors (Lipinski definition) is 1. The number of methoxy groups -OCH3 is 1. The summed E-state index contributed by atoms with van der Waals surface area (Å²) in [4.78, 5) is 26.5. The van der Waals surface area contributed by atoms with Crippen LogP contribution < -0.4 is 10.1 Å². The highest BCUT2D eigenvalue weighted by Crippen LogP contribution is 2.31. The lowest BCUT2D eigenvalue weighted by Crippen LogP contribution is -2.22. The molecule has 0 aliphatic carbocycles. The molecule has 0 bridgehead atoms. The number of carbonyl (C=O) groups is 2. The first-order valence-corrected chi connectivity index (χ1v) is 8.98. The third kappa shape index (κ3) is 3.79. The van der Waals surface area contributed by atoms with Gasteiger partial charge in [0.2, 0.25) is 0 Å². The second kappa shape index (κ2) is 7.72. The molecule has 7 heteroatoms. The van der Waals surface area contributed by atoms with E-state index >= 15 is 0 Å². The molecule has 0 aromatic heterocycles. The average Bonchev–Trinajstić information content (AvgIpc) is 2.89. The summed E-state index contributed by atoms with van der Waals surface area (Å²) < 4.78 is 5.77. The standard InChI is InChI=1S/C19H16N2O3S2/c1-21-18(23)16(26-19(21)25)11-12-7-9-13(10-8-12)17(22)20-14-5-3-4-6-15(14)24-2/h3-11H,1-2H3,(H,20,22). The molecule has 0 atom stereocenters. The van der Waals surface area contributed by atoms with Gasteiger partial charge >= 0.3 is 0 Å². The van der Waals surface area contributed by atoms with Gasteiger partial charge in [-0.15, -0.1) is 0 Å². The maximum atomic E-state index is 12.4. The maximum absolute atomic E-state index is 12.4. The van der Waals surface area contributed by atoms with Gasteiger partial charge in [0.15, 0.2) is 0 Å². The van der Waals surface area contributed by atoms with Gasteiger partial charge in [0.05, 0.1) is 17.7 Å². The zero-order valence-corrected chi connectivity index (χ0v) is 15.8. The summed E-state index contributed by atoms with van der Waals surface area (Å²) in [6, 6.07) is 14.2. The fourth-order valence-electron chi connectivity index (χ4n) is 2.37. The van der Waals surface area contributed by atoms with Crippen molar-refractivity contribution in [3.8, 4) is 5.75 Å². The lowest BCUT2D eigenvalue weighted by Gasteiger charge is -2.10. The first-order valence-electron chi connectivity index (χ1n) is 7.75. The van der Waals surface area contributed by atoms with E-state index in [0.29, 0.717) is 26.2 Å². The van der Waals surface area contributed by atoms with Crippen LogP contribution in [-0.4, -0.2) is 35.2 Å². The Morgan fingerprint density at radius 2 is 1.88 bits per heavy atom. The molecular formula is C19H16N2O3S2. The van der Waals surface area contributed by atoms with Crippen molar-refractivity contribution in [2.75, 3.05) is 19.5 Å². The van der Waals surface area contributed by atoms with Gasteiger partial charge in [-0.3, -0.25) is 14.5 Å². The van der Waals surface area contributed by atoms with Crippen LogP contribution in [0.2, 0.25) is 0 Å². The third-order valence-electron chi connectivity index (χ3n) is 3.81.